The van der Waals surface area contributed by atoms with Crippen LogP contribution in [0.25, 0.3) is 11.5 Å². The van der Waals surface area contributed by atoms with E-state index in [9.17, 15) is 4.79 Å². The number of nitrogens with one attached hydrogen (secondary N) is 1. The topological polar surface area (TPSA) is 88.2 Å². The lowest BCUT2D eigenvalue weighted by atomic mass is 9.96. The molecule has 0 saturated heterocycles. The molecule has 1 amide bonds. The predicted octanol–water partition coefficient (Wildman–Crippen LogP) is 3.12. The van der Waals surface area contributed by atoms with Gasteiger partial charge in [-0.05, 0) is 12.1 Å². The molecule has 2 rings (SSSR count). The molecule has 2 aromatic rings. The maximum Gasteiger partial charge on any atom is 0.409 e. The monoisotopic (exact) mass is 261 g/mol. The van der Waals surface area contributed by atoms with Crippen LogP contribution >= 0.6 is 0 Å². The molecule has 1 aromatic heterocycles. The first-order chi connectivity index (χ1) is 8.88. The first-order valence-electron chi connectivity index (χ1n) is 5.81. The fourth-order valence-electron chi connectivity index (χ4n) is 1.53. The van der Waals surface area contributed by atoms with Crippen molar-refractivity contribution in [2.75, 3.05) is 5.32 Å². The minimum Gasteiger partial charge on any atom is -0.465 e. The van der Waals surface area contributed by atoms with E-state index >= 15 is 0 Å². The SMILES string of the molecule is CC(C)(C)c1noc(-c2ccccc2NC(=O)O)n1. The first kappa shape index (κ1) is 13.1. The summed E-state index contributed by atoms with van der Waals surface area (Å²) < 4.78 is 5.21. The van der Waals surface area contributed by atoms with Crippen molar-refractivity contribution < 1.29 is 14.4 Å². The van der Waals surface area contributed by atoms with E-state index in [2.05, 4.69) is 15.5 Å². The fourth-order valence-corrected chi connectivity index (χ4v) is 1.53. The second-order valence-electron chi connectivity index (χ2n) is 5.15. The summed E-state index contributed by atoms with van der Waals surface area (Å²) in [4.78, 5) is 15.0. The highest BCUT2D eigenvalue weighted by atomic mass is 16.5. The molecule has 0 spiro atoms. The van der Waals surface area contributed by atoms with Crippen molar-refractivity contribution in [3.63, 3.8) is 0 Å². The highest BCUT2D eigenvalue weighted by Gasteiger charge is 2.22. The molecule has 2 N–H and O–H groups in total. The minimum absolute atomic E-state index is 0.225. The van der Waals surface area contributed by atoms with Crippen LogP contribution in [0.2, 0.25) is 0 Å². The normalized spacial score (nSPS) is 11.3. The molecule has 1 heterocycles. The number of aromatic nitrogens is 2. The second kappa shape index (κ2) is 4.72. The van der Waals surface area contributed by atoms with Gasteiger partial charge in [-0.15, -0.1) is 0 Å². The van der Waals surface area contributed by atoms with Crippen LogP contribution in [0.1, 0.15) is 26.6 Å². The molecule has 6 heteroatoms. The van der Waals surface area contributed by atoms with Gasteiger partial charge in [0.15, 0.2) is 5.82 Å². The third-order valence-electron chi connectivity index (χ3n) is 2.50. The largest absolute Gasteiger partial charge is 0.465 e. The number of nitrogens with zero attached hydrogens (tertiary/aromatic N) is 2. The van der Waals surface area contributed by atoms with Crippen molar-refractivity contribution in [3.05, 3.63) is 30.1 Å². The highest BCUT2D eigenvalue weighted by molar-refractivity contribution is 5.88. The highest BCUT2D eigenvalue weighted by Crippen LogP contribution is 2.28. The van der Waals surface area contributed by atoms with Crippen molar-refractivity contribution in [2.24, 2.45) is 0 Å². The first-order valence-corrected chi connectivity index (χ1v) is 5.81. The summed E-state index contributed by atoms with van der Waals surface area (Å²) in [5, 5.41) is 15.0. The van der Waals surface area contributed by atoms with E-state index in [1.165, 1.54) is 0 Å². The molecule has 0 radical (unpaired) electrons. The molecule has 19 heavy (non-hydrogen) atoms. The van der Waals surface area contributed by atoms with E-state index in [1.54, 1.807) is 24.3 Å². The molecular weight excluding hydrogens is 246 g/mol. The van der Waals surface area contributed by atoms with E-state index in [0.717, 1.165) is 0 Å². The molecule has 0 aliphatic carbocycles. The molecule has 0 aliphatic rings. The Morgan fingerprint density at radius 3 is 2.58 bits per heavy atom. The number of rotatable bonds is 2. The molecule has 0 saturated carbocycles. The van der Waals surface area contributed by atoms with Gasteiger partial charge in [0.25, 0.3) is 5.89 Å². The van der Waals surface area contributed by atoms with Crippen LogP contribution in [-0.4, -0.2) is 21.3 Å². The van der Waals surface area contributed by atoms with Gasteiger partial charge in [-0.2, -0.15) is 4.98 Å². The third-order valence-corrected chi connectivity index (χ3v) is 2.50. The zero-order valence-electron chi connectivity index (χ0n) is 11.0. The summed E-state index contributed by atoms with van der Waals surface area (Å²) in [6.45, 7) is 5.93. The summed E-state index contributed by atoms with van der Waals surface area (Å²) in [5.74, 6) is 0.877. The van der Waals surface area contributed by atoms with Gasteiger partial charge < -0.3 is 9.63 Å². The van der Waals surface area contributed by atoms with Crippen LogP contribution in [0.3, 0.4) is 0 Å². The Bertz CT molecular complexity index is 599. The number of amides is 1. The number of hydrogen-bond acceptors (Lipinski definition) is 4. The van der Waals surface area contributed by atoms with E-state index in [1.807, 2.05) is 20.8 Å². The number of anilines is 1. The van der Waals surface area contributed by atoms with Gasteiger partial charge >= 0.3 is 6.09 Å². The number of carboxylic acid groups (broad SMARTS) is 1. The molecule has 0 atom stereocenters. The average molecular weight is 261 g/mol. The summed E-state index contributed by atoms with van der Waals surface area (Å²) in [5.41, 5.74) is 0.753. The van der Waals surface area contributed by atoms with Crippen molar-refractivity contribution >= 4 is 11.8 Å². The number of benzene rings is 1. The third kappa shape index (κ3) is 2.90. The maximum absolute atomic E-state index is 10.7. The maximum atomic E-state index is 10.7. The zero-order valence-corrected chi connectivity index (χ0v) is 11.0. The fraction of sp³-hybridized carbons (Fsp3) is 0.308. The standard InChI is InChI=1S/C13H15N3O3/c1-13(2,3)11-15-10(19-16-11)8-6-4-5-7-9(8)14-12(17)18/h4-7,14H,1-3H3,(H,17,18). The number of hydrogen-bond donors (Lipinski definition) is 2. The Morgan fingerprint density at radius 2 is 2.00 bits per heavy atom. The summed E-state index contributed by atoms with van der Waals surface area (Å²) >= 11 is 0. The number of para-hydroxylation sites is 1. The molecule has 0 aliphatic heterocycles. The van der Waals surface area contributed by atoms with Gasteiger partial charge in [0.05, 0.1) is 11.3 Å². The Morgan fingerprint density at radius 1 is 1.32 bits per heavy atom. The lowest BCUT2D eigenvalue weighted by molar-refractivity contribution is 0.210. The quantitative estimate of drug-likeness (QED) is 0.867. The van der Waals surface area contributed by atoms with E-state index in [4.69, 9.17) is 9.63 Å². The van der Waals surface area contributed by atoms with Crippen molar-refractivity contribution in [2.45, 2.75) is 26.2 Å². The molecule has 6 nitrogen and oxygen atoms in total. The average Bonchev–Trinajstić information content (AvgIpc) is 2.77. The van der Waals surface area contributed by atoms with Crippen LogP contribution < -0.4 is 5.32 Å². The minimum atomic E-state index is -1.14. The summed E-state index contributed by atoms with van der Waals surface area (Å²) in [6, 6.07) is 6.88. The second-order valence-corrected chi connectivity index (χ2v) is 5.15. The Kier molecular flexibility index (Phi) is 3.25. The van der Waals surface area contributed by atoms with E-state index in [0.29, 0.717) is 23.0 Å². The van der Waals surface area contributed by atoms with Crippen molar-refractivity contribution in [1.29, 1.82) is 0 Å². The predicted molar refractivity (Wildman–Crippen MR) is 70.1 cm³/mol. The summed E-state index contributed by atoms with van der Waals surface area (Å²) in [6.07, 6.45) is -1.14. The van der Waals surface area contributed by atoms with Crippen LogP contribution in [0, 0.1) is 0 Å². The van der Waals surface area contributed by atoms with Crippen LogP contribution in [0.15, 0.2) is 28.8 Å². The van der Waals surface area contributed by atoms with Crippen LogP contribution in [-0.2, 0) is 5.41 Å². The smallest absolute Gasteiger partial charge is 0.409 e. The molecule has 100 valence electrons. The molecular formula is C13H15N3O3. The summed E-state index contributed by atoms with van der Waals surface area (Å²) in [7, 11) is 0. The van der Waals surface area contributed by atoms with Gasteiger partial charge in [0.2, 0.25) is 0 Å². The van der Waals surface area contributed by atoms with Crippen LogP contribution in [0.5, 0.6) is 0 Å². The lowest BCUT2D eigenvalue weighted by Gasteiger charge is -2.11. The lowest BCUT2D eigenvalue weighted by Crippen LogP contribution is -2.13. The Balaban J connectivity index is 2.42. The van der Waals surface area contributed by atoms with Gasteiger partial charge in [-0.25, -0.2) is 4.79 Å². The molecule has 0 fully saturated rings. The number of carbonyl (C=O) groups is 1. The van der Waals surface area contributed by atoms with Crippen LogP contribution in [0.4, 0.5) is 10.5 Å². The molecule has 1 aromatic carbocycles. The van der Waals surface area contributed by atoms with Gasteiger partial charge in [-0.3, -0.25) is 5.32 Å². The molecule has 0 bridgehead atoms. The van der Waals surface area contributed by atoms with Gasteiger partial charge in [0.1, 0.15) is 0 Å². The molecule has 0 unspecified atom stereocenters. The zero-order chi connectivity index (χ0) is 14.0. The van der Waals surface area contributed by atoms with Crippen molar-refractivity contribution in [3.8, 4) is 11.5 Å². The van der Waals surface area contributed by atoms with E-state index in [-0.39, 0.29) is 5.41 Å². The van der Waals surface area contributed by atoms with Gasteiger partial charge in [0, 0.05) is 5.41 Å². The Hall–Kier alpha value is -2.37. The van der Waals surface area contributed by atoms with E-state index < -0.39 is 6.09 Å². The Labute approximate surface area is 110 Å². The van der Waals surface area contributed by atoms with Crippen molar-refractivity contribution in [1.82, 2.24) is 10.1 Å². The van der Waals surface area contributed by atoms with Gasteiger partial charge in [-0.1, -0.05) is 38.1 Å².